The number of benzene rings is 3. The van der Waals surface area contributed by atoms with Crippen molar-refractivity contribution in [3.05, 3.63) is 83.9 Å². The molecule has 0 saturated carbocycles. The summed E-state index contributed by atoms with van der Waals surface area (Å²) >= 11 is 0. The Bertz CT molecular complexity index is 1230. The van der Waals surface area contributed by atoms with Crippen LogP contribution in [0.25, 0.3) is 10.8 Å². The van der Waals surface area contributed by atoms with Crippen molar-refractivity contribution in [1.82, 2.24) is 10.2 Å². The topological polar surface area (TPSA) is 95.9 Å². The molecule has 3 aromatic carbocycles. The number of carbonyl (C=O) groups excluding carboxylic acids is 2. The fraction of sp³-hybridized carbons (Fsp3) is 0.406. The normalized spacial score (nSPS) is 12.6. The Morgan fingerprint density at radius 1 is 0.949 bits per heavy atom. The standard InChI is InChI=1S/C32H40N2O5/c1-4-5-19-39-29(35)17-18-34(22-23(2)3)32(38)33-30(31(36)37)28(20-24-11-7-6-8-12-24)27-16-15-25-13-9-10-14-26(25)21-27/h6-16,21,23,28,30H,4-5,17-20,22H2,1-3H3,(H,33,38)(H,36,37)/t28?,30-/m0/s1. The van der Waals surface area contributed by atoms with Crippen molar-refractivity contribution >= 4 is 28.7 Å². The molecule has 0 fully saturated rings. The van der Waals surface area contributed by atoms with Crippen molar-refractivity contribution in [2.24, 2.45) is 5.92 Å². The summed E-state index contributed by atoms with van der Waals surface area (Å²) in [6, 6.07) is 21.9. The summed E-state index contributed by atoms with van der Waals surface area (Å²) < 4.78 is 5.24. The van der Waals surface area contributed by atoms with Gasteiger partial charge in [0.05, 0.1) is 13.0 Å². The molecule has 2 N–H and O–H groups in total. The number of hydrogen-bond acceptors (Lipinski definition) is 4. The average Bonchev–Trinajstić information content (AvgIpc) is 2.93. The van der Waals surface area contributed by atoms with Crippen LogP contribution in [0.4, 0.5) is 4.79 Å². The van der Waals surface area contributed by atoms with Crippen LogP contribution in [-0.2, 0) is 20.7 Å². The molecule has 7 nitrogen and oxygen atoms in total. The van der Waals surface area contributed by atoms with Crippen LogP contribution in [-0.4, -0.2) is 53.7 Å². The molecule has 7 heteroatoms. The monoisotopic (exact) mass is 532 g/mol. The first-order valence-corrected chi connectivity index (χ1v) is 13.7. The van der Waals surface area contributed by atoms with Crippen LogP contribution in [0, 0.1) is 5.92 Å². The highest BCUT2D eigenvalue weighted by atomic mass is 16.5. The molecule has 0 bridgehead atoms. The fourth-order valence-corrected chi connectivity index (χ4v) is 4.64. The number of nitrogens with zero attached hydrogens (tertiary/aromatic N) is 1. The third-order valence-electron chi connectivity index (χ3n) is 6.67. The summed E-state index contributed by atoms with van der Waals surface area (Å²) in [5.41, 5.74) is 1.81. The van der Waals surface area contributed by atoms with Crippen molar-refractivity contribution in [3.63, 3.8) is 0 Å². The smallest absolute Gasteiger partial charge is 0.326 e. The molecule has 0 spiro atoms. The molecule has 1 unspecified atom stereocenters. The van der Waals surface area contributed by atoms with E-state index in [1.165, 1.54) is 4.90 Å². The van der Waals surface area contributed by atoms with Crippen molar-refractivity contribution in [1.29, 1.82) is 0 Å². The van der Waals surface area contributed by atoms with Crippen LogP contribution >= 0.6 is 0 Å². The van der Waals surface area contributed by atoms with Gasteiger partial charge in [0.15, 0.2) is 0 Å². The lowest BCUT2D eigenvalue weighted by atomic mass is 9.85. The van der Waals surface area contributed by atoms with E-state index < -0.39 is 24.0 Å². The minimum atomic E-state index is -1.18. The summed E-state index contributed by atoms with van der Waals surface area (Å²) in [7, 11) is 0. The zero-order chi connectivity index (χ0) is 28.2. The van der Waals surface area contributed by atoms with E-state index >= 15 is 0 Å². The molecule has 0 radical (unpaired) electrons. The molecular weight excluding hydrogens is 492 g/mol. The number of nitrogens with one attached hydrogen (secondary N) is 1. The summed E-state index contributed by atoms with van der Waals surface area (Å²) in [4.78, 5) is 39.8. The zero-order valence-corrected chi connectivity index (χ0v) is 23.1. The summed E-state index contributed by atoms with van der Waals surface area (Å²) in [6.45, 7) is 6.87. The van der Waals surface area contributed by atoms with Gasteiger partial charge in [0.25, 0.3) is 0 Å². The van der Waals surface area contributed by atoms with Gasteiger partial charge in [0.2, 0.25) is 0 Å². The number of carbonyl (C=O) groups is 3. The van der Waals surface area contributed by atoms with Crippen molar-refractivity contribution < 1.29 is 24.2 Å². The van der Waals surface area contributed by atoms with Crippen LogP contribution < -0.4 is 5.32 Å². The lowest BCUT2D eigenvalue weighted by molar-refractivity contribution is -0.144. The Morgan fingerprint density at radius 3 is 2.31 bits per heavy atom. The Hall–Kier alpha value is -3.87. The lowest BCUT2D eigenvalue weighted by Gasteiger charge is -2.30. The number of hydrogen-bond donors (Lipinski definition) is 2. The second-order valence-corrected chi connectivity index (χ2v) is 10.3. The number of ether oxygens (including phenoxy) is 1. The number of carboxylic acids is 1. The number of fused-ring (bicyclic) bond motifs is 1. The average molecular weight is 533 g/mol. The van der Waals surface area contributed by atoms with E-state index in [0.717, 1.165) is 34.7 Å². The minimum Gasteiger partial charge on any atom is -0.480 e. The maximum atomic E-state index is 13.5. The predicted octanol–water partition coefficient (Wildman–Crippen LogP) is 6.02. The number of amides is 2. The second kappa shape index (κ2) is 14.9. The van der Waals surface area contributed by atoms with E-state index in [2.05, 4.69) is 5.32 Å². The highest BCUT2D eigenvalue weighted by Gasteiger charge is 2.33. The summed E-state index contributed by atoms with van der Waals surface area (Å²) in [5.74, 6) is -1.85. The van der Waals surface area contributed by atoms with Gasteiger partial charge in [-0.2, -0.15) is 0 Å². The summed E-state index contributed by atoms with van der Waals surface area (Å²) in [6.07, 6.45) is 2.21. The van der Waals surface area contributed by atoms with E-state index in [4.69, 9.17) is 4.74 Å². The highest BCUT2D eigenvalue weighted by Crippen LogP contribution is 2.28. The molecule has 0 aromatic heterocycles. The molecule has 2 amide bonds. The maximum absolute atomic E-state index is 13.5. The van der Waals surface area contributed by atoms with Gasteiger partial charge >= 0.3 is 18.0 Å². The van der Waals surface area contributed by atoms with E-state index in [9.17, 15) is 19.5 Å². The van der Waals surface area contributed by atoms with Gasteiger partial charge in [-0.05, 0) is 40.7 Å². The number of carboxylic acid groups (broad SMARTS) is 1. The Morgan fingerprint density at radius 2 is 1.64 bits per heavy atom. The second-order valence-electron chi connectivity index (χ2n) is 10.3. The third-order valence-corrected chi connectivity index (χ3v) is 6.67. The quantitative estimate of drug-likeness (QED) is 0.196. The zero-order valence-electron chi connectivity index (χ0n) is 23.1. The molecular formula is C32H40N2O5. The first-order valence-electron chi connectivity index (χ1n) is 13.7. The molecule has 0 aliphatic heterocycles. The number of unbranched alkanes of at least 4 members (excludes halogenated alkanes) is 1. The van der Waals surface area contributed by atoms with Gasteiger partial charge in [0.1, 0.15) is 6.04 Å². The number of urea groups is 1. The largest absolute Gasteiger partial charge is 0.480 e. The highest BCUT2D eigenvalue weighted by molar-refractivity contribution is 5.86. The molecule has 39 heavy (non-hydrogen) atoms. The molecule has 3 aromatic rings. The van der Waals surface area contributed by atoms with Gasteiger partial charge in [-0.15, -0.1) is 0 Å². The van der Waals surface area contributed by atoms with Gasteiger partial charge in [-0.25, -0.2) is 9.59 Å². The van der Waals surface area contributed by atoms with Crippen LogP contribution in [0.5, 0.6) is 0 Å². The molecule has 0 aliphatic rings. The maximum Gasteiger partial charge on any atom is 0.326 e. The van der Waals surface area contributed by atoms with Gasteiger partial charge in [0, 0.05) is 19.0 Å². The minimum absolute atomic E-state index is 0.0553. The van der Waals surface area contributed by atoms with Crippen LogP contribution in [0.15, 0.2) is 72.8 Å². The van der Waals surface area contributed by atoms with Crippen molar-refractivity contribution in [3.8, 4) is 0 Å². The number of aliphatic carboxylic acids is 1. The van der Waals surface area contributed by atoms with Gasteiger partial charge in [-0.1, -0.05) is 100.0 Å². The fourth-order valence-electron chi connectivity index (χ4n) is 4.64. The van der Waals surface area contributed by atoms with E-state index in [1.54, 1.807) is 0 Å². The van der Waals surface area contributed by atoms with Gasteiger partial charge in [-0.3, -0.25) is 4.79 Å². The first kappa shape index (κ1) is 29.7. The Kier molecular flexibility index (Phi) is 11.3. The van der Waals surface area contributed by atoms with E-state index in [0.29, 0.717) is 19.6 Å². The predicted molar refractivity (Wildman–Crippen MR) is 154 cm³/mol. The van der Waals surface area contributed by atoms with E-state index in [-0.39, 0.29) is 24.9 Å². The Balaban J connectivity index is 1.86. The van der Waals surface area contributed by atoms with Crippen LogP contribution in [0.1, 0.15) is 57.1 Å². The number of rotatable bonds is 14. The molecule has 0 aliphatic carbocycles. The number of esters is 1. The lowest BCUT2D eigenvalue weighted by Crippen LogP contribution is -2.52. The van der Waals surface area contributed by atoms with Crippen molar-refractivity contribution in [2.45, 2.75) is 58.4 Å². The Labute approximate surface area is 231 Å². The van der Waals surface area contributed by atoms with Crippen LogP contribution in [0.2, 0.25) is 0 Å². The van der Waals surface area contributed by atoms with E-state index in [1.807, 2.05) is 93.6 Å². The molecule has 0 saturated heterocycles. The third kappa shape index (κ3) is 9.13. The van der Waals surface area contributed by atoms with Crippen LogP contribution in [0.3, 0.4) is 0 Å². The molecule has 0 heterocycles. The van der Waals surface area contributed by atoms with Crippen molar-refractivity contribution in [2.75, 3.05) is 19.7 Å². The SMILES string of the molecule is CCCCOC(=O)CCN(CC(C)C)C(=O)N[C@H](C(=O)O)C(Cc1ccccc1)c1ccc2ccccc2c1. The summed E-state index contributed by atoms with van der Waals surface area (Å²) in [5, 5.41) is 15.2. The molecule has 3 rings (SSSR count). The molecule has 2 atom stereocenters. The molecule has 208 valence electrons. The first-order chi connectivity index (χ1) is 18.8. The van der Waals surface area contributed by atoms with Gasteiger partial charge < -0.3 is 20.1 Å².